The molecule has 0 heterocycles. The lowest BCUT2D eigenvalue weighted by Crippen LogP contribution is -2.27. The molecule has 0 amide bonds. The van der Waals surface area contributed by atoms with Gasteiger partial charge in [-0.2, -0.15) is 0 Å². The average molecular weight is 463 g/mol. The van der Waals surface area contributed by atoms with Gasteiger partial charge in [-0.15, -0.1) is 6.58 Å². The summed E-state index contributed by atoms with van der Waals surface area (Å²) in [4.78, 5) is 0. The Bertz CT molecular complexity index is 770. The maximum atomic E-state index is 4.16. The van der Waals surface area contributed by atoms with Gasteiger partial charge in [-0.1, -0.05) is 121 Å². The Kier molecular flexibility index (Phi) is 12.9. The third-order valence-corrected chi connectivity index (χ3v) is 7.64. The summed E-state index contributed by atoms with van der Waals surface area (Å²) >= 11 is 0. The normalized spacial score (nSPS) is 15.4. The van der Waals surface area contributed by atoms with Gasteiger partial charge in [0, 0.05) is 0 Å². The minimum Gasteiger partial charge on any atom is -0.103 e. The summed E-state index contributed by atoms with van der Waals surface area (Å²) < 4.78 is 0. The molecule has 0 fully saturated rings. The summed E-state index contributed by atoms with van der Waals surface area (Å²) in [6, 6.07) is 11.0. The van der Waals surface area contributed by atoms with Gasteiger partial charge >= 0.3 is 0 Å². The maximum Gasteiger partial charge on any atom is -0.0110 e. The van der Waals surface area contributed by atoms with Gasteiger partial charge in [-0.3, -0.25) is 0 Å². The minimum absolute atomic E-state index is 0.255. The molecule has 2 unspecified atom stereocenters. The number of hydrogen-bond donors (Lipinski definition) is 0. The molecule has 34 heavy (non-hydrogen) atoms. The first-order valence-electron chi connectivity index (χ1n) is 13.6. The van der Waals surface area contributed by atoms with E-state index in [0.717, 1.165) is 32.1 Å². The first-order chi connectivity index (χ1) is 16.0. The van der Waals surface area contributed by atoms with E-state index >= 15 is 0 Å². The molecule has 0 saturated carbocycles. The maximum absolute atomic E-state index is 4.16. The standard InChI is InChI=1S/C34H54/c1-10-13-26-33(6,7)30(11-2)28-32(4,5)25-21-16-14-15-17-22-27-34(8,9)31(12-3)29-23-19-18-20-24-29/h10-11,13,16-24,30-31H,2,12,14-15,25-28H2,1,3-9H3/b13-10+,21-16+,22-17+. The lowest BCUT2D eigenvalue weighted by molar-refractivity contribution is 0.179. The van der Waals surface area contributed by atoms with Gasteiger partial charge in [0.1, 0.15) is 0 Å². The van der Waals surface area contributed by atoms with Crippen molar-refractivity contribution in [1.82, 2.24) is 0 Å². The van der Waals surface area contributed by atoms with Crippen LogP contribution in [0, 0.1) is 22.2 Å². The van der Waals surface area contributed by atoms with Crippen LogP contribution in [0.1, 0.15) is 112 Å². The van der Waals surface area contributed by atoms with Crippen LogP contribution >= 0.6 is 0 Å². The van der Waals surface area contributed by atoms with Gasteiger partial charge in [0.15, 0.2) is 0 Å². The SMILES string of the molecule is C=CC(CC(C)(C)C/C=C/CC/C=C/CC(C)(C)C(CC)c1ccccc1)C(C)(C)C/C=C/C. The van der Waals surface area contributed by atoms with Crippen LogP contribution in [0.3, 0.4) is 0 Å². The molecule has 0 aromatic heterocycles. The zero-order valence-corrected chi connectivity index (χ0v) is 23.7. The van der Waals surface area contributed by atoms with E-state index in [-0.39, 0.29) is 16.2 Å². The van der Waals surface area contributed by atoms with Gasteiger partial charge in [-0.05, 0) is 85.5 Å². The number of benzene rings is 1. The number of unbranched alkanes of at least 4 members (excludes halogenated alkanes) is 1. The summed E-state index contributed by atoms with van der Waals surface area (Å²) in [6.45, 7) is 23.0. The molecule has 0 heteroatoms. The Hall–Kier alpha value is -1.82. The highest BCUT2D eigenvalue weighted by Gasteiger charge is 2.31. The van der Waals surface area contributed by atoms with E-state index in [1.807, 2.05) is 0 Å². The van der Waals surface area contributed by atoms with Crippen molar-refractivity contribution < 1.29 is 0 Å². The predicted octanol–water partition coefficient (Wildman–Crippen LogP) is 11.1. The monoisotopic (exact) mass is 462 g/mol. The van der Waals surface area contributed by atoms with Crippen LogP contribution in [0.5, 0.6) is 0 Å². The van der Waals surface area contributed by atoms with Crippen LogP contribution in [0.2, 0.25) is 0 Å². The molecule has 1 aromatic carbocycles. The number of hydrogen-bond acceptors (Lipinski definition) is 0. The summed E-state index contributed by atoms with van der Waals surface area (Å²) in [6.07, 6.45) is 24.2. The molecule has 0 radical (unpaired) electrons. The van der Waals surface area contributed by atoms with Crippen molar-refractivity contribution >= 4 is 0 Å². The Labute approximate surface area is 213 Å². The molecule has 0 nitrogen and oxygen atoms in total. The van der Waals surface area contributed by atoms with Crippen molar-refractivity contribution in [1.29, 1.82) is 0 Å². The second-order valence-electron chi connectivity index (χ2n) is 12.3. The quantitative estimate of drug-likeness (QED) is 0.169. The zero-order chi connectivity index (χ0) is 25.7. The third-order valence-electron chi connectivity index (χ3n) is 7.64. The summed E-state index contributed by atoms with van der Waals surface area (Å²) in [5, 5.41) is 0. The van der Waals surface area contributed by atoms with E-state index in [9.17, 15) is 0 Å². The van der Waals surface area contributed by atoms with Crippen molar-refractivity contribution in [2.24, 2.45) is 22.2 Å². The van der Waals surface area contributed by atoms with Crippen LogP contribution < -0.4 is 0 Å². The smallest absolute Gasteiger partial charge is 0.0110 e. The minimum atomic E-state index is 0.255. The van der Waals surface area contributed by atoms with Crippen LogP contribution in [-0.2, 0) is 0 Å². The Morgan fingerprint density at radius 3 is 1.85 bits per heavy atom. The van der Waals surface area contributed by atoms with E-state index < -0.39 is 0 Å². The van der Waals surface area contributed by atoms with E-state index in [0.29, 0.717) is 11.8 Å². The van der Waals surface area contributed by atoms with Crippen LogP contribution in [-0.4, -0.2) is 0 Å². The molecule has 0 saturated heterocycles. The Morgan fingerprint density at radius 1 is 0.765 bits per heavy atom. The fourth-order valence-corrected chi connectivity index (χ4v) is 5.21. The van der Waals surface area contributed by atoms with Crippen LogP contribution in [0.4, 0.5) is 0 Å². The van der Waals surface area contributed by atoms with Crippen molar-refractivity contribution in [3.8, 4) is 0 Å². The van der Waals surface area contributed by atoms with Gasteiger partial charge in [-0.25, -0.2) is 0 Å². The predicted molar refractivity (Wildman–Crippen MR) is 155 cm³/mol. The van der Waals surface area contributed by atoms with Crippen molar-refractivity contribution in [2.75, 3.05) is 0 Å². The fourth-order valence-electron chi connectivity index (χ4n) is 5.21. The van der Waals surface area contributed by atoms with Gasteiger partial charge < -0.3 is 0 Å². The Balaban J connectivity index is 2.48. The highest BCUT2D eigenvalue weighted by atomic mass is 14.4. The largest absolute Gasteiger partial charge is 0.103 e. The topological polar surface area (TPSA) is 0 Å². The van der Waals surface area contributed by atoms with Crippen LogP contribution in [0.15, 0.2) is 79.4 Å². The number of rotatable bonds is 16. The highest BCUT2D eigenvalue weighted by molar-refractivity contribution is 5.22. The van der Waals surface area contributed by atoms with E-state index in [1.165, 1.54) is 18.4 Å². The molecule has 1 rings (SSSR count). The molecule has 2 atom stereocenters. The van der Waals surface area contributed by atoms with Crippen molar-refractivity contribution in [2.45, 2.75) is 106 Å². The summed E-state index contributed by atoms with van der Waals surface area (Å²) in [5.74, 6) is 1.13. The van der Waals surface area contributed by atoms with E-state index in [2.05, 4.69) is 135 Å². The molecular formula is C34H54. The zero-order valence-electron chi connectivity index (χ0n) is 23.7. The van der Waals surface area contributed by atoms with Crippen molar-refractivity contribution in [3.05, 3.63) is 85.0 Å². The first-order valence-corrected chi connectivity index (χ1v) is 13.6. The van der Waals surface area contributed by atoms with Crippen molar-refractivity contribution in [3.63, 3.8) is 0 Å². The van der Waals surface area contributed by atoms with Crippen LogP contribution in [0.25, 0.3) is 0 Å². The summed E-state index contributed by atoms with van der Waals surface area (Å²) in [7, 11) is 0. The molecule has 0 bridgehead atoms. The molecule has 190 valence electrons. The molecule has 0 aliphatic heterocycles. The molecular weight excluding hydrogens is 408 g/mol. The molecule has 1 aromatic rings. The third kappa shape index (κ3) is 10.6. The highest BCUT2D eigenvalue weighted by Crippen LogP contribution is 2.42. The number of allylic oxidation sites excluding steroid dienone is 7. The van der Waals surface area contributed by atoms with Gasteiger partial charge in [0.25, 0.3) is 0 Å². The summed E-state index contributed by atoms with van der Waals surface area (Å²) in [5.41, 5.74) is 2.28. The average Bonchev–Trinajstić information content (AvgIpc) is 2.78. The Morgan fingerprint density at radius 2 is 1.32 bits per heavy atom. The lowest BCUT2D eigenvalue weighted by Gasteiger charge is -2.37. The molecule has 0 spiro atoms. The second kappa shape index (κ2) is 14.6. The second-order valence-corrected chi connectivity index (χ2v) is 12.3. The lowest BCUT2D eigenvalue weighted by atomic mass is 9.68. The van der Waals surface area contributed by atoms with Gasteiger partial charge in [0.2, 0.25) is 0 Å². The molecule has 0 aliphatic rings. The first kappa shape index (κ1) is 30.2. The molecule has 0 aliphatic carbocycles. The van der Waals surface area contributed by atoms with E-state index in [4.69, 9.17) is 0 Å². The van der Waals surface area contributed by atoms with Gasteiger partial charge in [0.05, 0.1) is 0 Å². The van der Waals surface area contributed by atoms with E-state index in [1.54, 1.807) is 0 Å². The fraction of sp³-hybridized carbons (Fsp3) is 0.588. The molecule has 0 N–H and O–H groups in total.